The molecular formula is C13H14Na2O3. The predicted octanol–water partition coefficient (Wildman–Crippen LogP) is 1.48. The van der Waals surface area contributed by atoms with Crippen molar-refractivity contribution in [3.05, 3.63) is 66.2 Å². The fourth-order valence-corrected chi connectivity index (χ4v) is 1.01. The number of carboxylic acids is 1. The van der Waals surface area contributed by atoms with Crippen molar-refractivity contribution in [1.29, 1.82) is 0 Å². The number of hydrogen-bond acceptors (Lipinski definition) is 2. The van der Waals surface area contributed by atoms with E-state index in [0.29, 0.717) is 11.3 Å². The number of phenolic OH excluding ortho intramolecular Hbond substituents is 1. The van der Waals surface area contributed by atoms with Crippen LogP contribution in [0.5, 0.6) is 5.75 Å². The van der Waals surface area contributed by atoms with Gasteiger partial charge in [-0.25, -0.2) is 4.79 Å². The van der Waals surface area contributed by atoms with Gasteiger partial charge in [0.25, 0.3) is 0 Å². The maximum atomic E-state index is 10.2. The molecule has 0 radical (unpaired) electrons. The van der Waals surface area contributed by atoms with Crippen molar-refractivity contribution < 1.29 is 15.0 Å². The molecule has 0 fully saturated rings. The molecule has 0 unspecified atom stereocenters. The van der Waals surface area contributed by atoms with Gasteiger partial charge in [-0.2, -0.15) is 0 Å². The fourth-order valence-electron chi connectivity index (χ4n) is 1.01. The molecule has 0 aromatic heterocycles. The Morgan fingerprint density at radius 3 is 1.39 bits per heavy atom. The first-order chi connectivity index (χ1) is 7.70. The second-order valence-electron chi connectivity index (χ2n) is 3.01. The van der Waals surface area contributed by atoms with Gasteiger partial charge in [-0.15, -0.1) is 0 Å². The Morgan fingerprint density at radius 2 is 1.17 bits per heavy atom. The summed E-state index contributed by atoms with van der Waals surface area (Å²) in [6.07, 6.45) is 0. The van der Waals surface area contributed by atoms with Crippen molar-refractivity contribution >= 4 is 65.1 Å². The zero-order valence-electron chi connectivity index (χ0n) is 8.58. The average Bonchev–Trinajstić information content (AvgIpc) is 2.32. The Balaban J connectivity index is 0. The molecule has 0 heterocycles. The maximum absolute atomic E-state index is 10.2. The van der Waals surface area contributed by atoms with Gasteiger partial charge in [-0.3, -0.25) is 0 Å². The van der Waals surface area contributed by atoms with Crippen LogP contribution in [0.2, 0.25) is 0 Å². The van der Waals surface area contributed by atoms with E-state index in [1.54, 1.807) is 54.6 Å². The van der Waals surface area contributed by atoms with Gasteiger partial charge in [0, 0.05) is 0 Å². The van der Waals surface area contributed by atoms with Crippen molar-refractivity contribution in [3.63, 3.8) is 0 Å². The summed E-state index contributed by atoms with van der Waals surface area (Å²) in [7, 11) is 0. The predicted molar refractivity (Wildman–Crippen MR) is 75.8 cm³/mol. The standard InChI is InChI=1S/C7H6O2.C6H6O.2Na.2H/c8-7(9)6-4-2-1-3-5-6;7-6-4-2-1-3-5-6;;;;/h1-5H,(H,8,9);1-5,7H;;;;. The van der Waals surface area contributed by atoms with Crippen molar-refractivity contribution in [2.24, 2.45) is 0 Å². The van der Waals surface area contributed by atoms with Crippen LogP contribution in [0.3, 0.4) is 0 Å². The summed E-state index contributed by atoms with van der Waals surface area (Å²) in [5.74, 6) is -0.557. The Morgan fingerprint density at radius 1 is 0.778 bits per heavy atom. The van der Waals surface area contributed by atoms with Gasteiger partial charge in [0.05, 0.1) is 5.56 Å². The Labute approximate surface area is 150 Å². The molecular weight excluding hydrogens is 250 g/mol. The number of para-hydroxylation sites is 1. The number of aromatic carboxylic acids is 1. The topological polar surface area (TPSA) is 57.5 Å². The Hall–Kier alpha value is -0.290. The van der Waals surface area contributed by atoms with Gasteiger partial charge in [-0.05, 0) is 24.3 Å². The molecule has 0 saturated heterocycles. The minimum absolute atomic E-state index is 0. The number of carboxylic acid groups (broad SMARTS) is 1. The van der Waals surface area contributed by atoms with Crippen LogP contribution in [-0.2, 0) is 0 Å². The zero-order chi connectivity index (χ0) is 11.8. The monoisotopic (exact) mass is 264 g/mol. The third kappa shape index (κ3) is 8.75. The summed E-state index contributed by atoms with van der Waals surface area (Å²) in [6.45, 7) is 0. The molecule has 86 valence electrons. The molecule has 2 rings (SSSR count). The molecule has 0 aliphatic rings. The van der Waals surface area contributed by atoms with E-state index in [1.807, 2.05) is 6.07 Å². The van der Waals surface area contributed by atoms with Crippen molar-refractivity contribution in [2.75, 3.05) is 0 Å². The SMILES string of the molecule is O=C(O)c1ccccc1.Oc1ccccc1.[NaH].[NaH]. The summed E-state index contributed by atoms with van der Waals surface area (Å²) >= 11 is 0. The van der Waals surface area contributed by atoms with Crippen molar-refractivity contribution in [2.45, 2.75) is 0 Å². The number of carbonyl (C=O) groups is 1. The van der Waals surface area contributed by atoms with Crippen LogP contribution in [0.1, 0.15) is 10.4 Å². The van der Waals surface area contributed by atoms with Gasteiger partial charge in [0.15, 0.2) is 0 Å². The van der Waals surface area contributed by atoms with Crippen LogP contribution in [0.4, 0.5) is 0 Å². The van der Waals surface area contributed by atoms with Crippen LogP contribution >= 0.6 is 0 Å². The number of phenols is 1. The molecule has 2 aromatic rings. The number of rotatable bonds is 1. The second-order valence-corrected chi connectivity index (χ2v) is 3.01. The Kier molecular flexibility index (Phi) is 13.1. The van der Waals surface area contributed by atoms with Gasteiger partial charge < -0.3 is 10.2 Å². The first-order valence-corrected chi connectivity index (χ1v) is 4.72. The zero-order valence-corrected chi connectivity index (χ0v) is 8.58. The third-order valence-electron chi connectivity index (χ3n) is 1.78. The fraction of sp³-hybridized carbons (Fsp3) is 0. The van der Waals surface area contributed by atoms with E-state index in [-0.39, 0.29) is 59.1 Å². The molecule has 2 N–H and O–H groups in total. The first kappa shape index (κ1) is 20.0. The van der Waals surface area contributed by atoms with Crippen LogP contribution in [-0.4, -0.2) is 75.3 Å². The second kappa shape index (κ2) is 11.8. The minimum atomic E-state index is -0.879. The molecule has 0 aliphatic carbocycles. The van der Waals surface area contributed by atoms with E-state index in [9.17, 15) is 4.79 Å². The summed E-state index contributed by atoms with van der Waals surface area (Å²) in [5, 5.41) is 17.0. The summed E-state index contributed by atoms with van der Waals surface area (Å²) in [4.78, 5) is 10.2. The van der Waals surface area contributed by atoms with Crippen LogP contribution in [0.25, 0.3) is 0 Å². The molecule has 2 aromatic carbocycles. The van der Waals surface area contributed by atoms with Gasteiger partial charge in [-0.1, -0.05) is 36.4 Å². The first-order valence-electron chi connectivity index (χ1n) is 4.72. The average molecular weight is 264 g/mol. The van der Waals surface area contributed by atoms with E-state index in [1.165, 1.54) is 0 Å². The van der Waals surface area contributed by atoms with E-state index >= 15 is 0 Å². The third-order valence-corrected chi connectivity index (χ3v) is 1.78. The van der Waals surface area contributed by atoms with Gasteiger partial charge in [0.2, 0.25) is 0 Å². The van der Waals surface area contributed by atoms with E-state index in [4.69, 9.17) is 10.2 Å². The van der Waals surface area contributed by atoms with E-state index in [2.05, 4.69) is 0 Å². The van der Waals surface area contributed by atoms with Crippen LogP contribution < -0.4 is 0 Å². The van der Waals surface area contributed by atoms with Gasteiger partial charge >= 0.3 is 65.1 Å². The molecule has 0 amide bonds. The number of benzene rings is 2. The molecule has 3 nitrogen and oxygen atoms in total. The quantitative estimate of drug-likeness (QED) is 0.767. The molecule has 0 bridgehead atoms. The summed E-state index contributed by atoms with van der Waals surface area (Å²) in [5.41, 5.74) is 0.331. The van der Waals surface area contributed by atoms with Gasteiger partial charge in [0.1, 0.15) is 5.75 Å². The molecule has 18 heavy (non-hydrogen) atoms. The molecule has 0 atom stereocenters. The van der Waals surface area contributed by atoms with E-state index in [0.717, 1.165) is 0 Å². The number of aromatic hydroxyl groups is 1. The number of hydrogen-bond donors (Lipinski definition) is 2. The molecule has 0 aliphatic heterocycles. The molecule has 5 heteroatoms. The van der Waals surface area contributed by atoms with E-state index < -0.39 is 5.97 Å². The summed E-state index contributed by atoms with van der Waals surface area (Å²) in [6, 6.07) is 17.0. The van der Waals surface area contributed by atoms with Crippen molar-refractivity contribution in [3.8, 4) is 5.75 Å². The molecule has 0 saturated carbocycles. The summed E-state index contributed by atoms with van der Waals surface area (Å²) < 4.78 is 0. The van der Waals surface area contributed by atoms with Crippen molar-refractivity contribution in [1.82, 2.24) is 0 Å². The van der Waals surface area contributed by atoms with Crippen LogP contribution in [0.15, 0.2) is 60.7 Å². The Bertz CT molecular complexity index is 433. The van der Waals surface area contributed by atoms with Crippen LogP contribution in [0, 0.1) is 0 Å². The normalized spacial score (nSPS) is 7.78. The molecule has 0 spiro atoms.